The van der Waals surface area contributed by atoms with Gasteiger partial charge in [-0.05, 0) is 48.5 Å². The lowest BCUT2D eigenvalue weighted by molar-refractivity contribution is 0.343. The summed E-state index contributed by atoms with van der Waals surface area (Å²) in [5, 5.41) is 4.52. The summed E-state index contributed by atoms with van der Waals surface area (Å²) in [6, 6.07) is 18.5. The zero-order chi connectivity index (χ0) is 21.8. The first-order valence-corrected chi connectivity index (χ1v) is 11.2. The molecule has 0 N–H and O–H groups in total. The van der Waals surface area contributed by atoms with Gasteiger partial charge in [-0.1, -0.05) is 28.9 Å². The topological polar surface area (TPSA) is 85.8 Å². The monoisotopic (exact) mass is 458 g/mol. The number of halogens is 1. The van der Waals surface area contributed by atoms with E-state index in [1.54, 1.807) is 25.3 Å². The standard InChI is InChI=1S/C22H19ClN2O5S/c1-28-21-7-3-2-6-20(21)22-13-17(24-30-22)14-25(15-18-5-4-12-29-18)31(26,27)19-10-8-16(23)9-11-19/h2-13H,14-15H2,1H3. The van der Waals surface area contributed by atoms with Gasteiger partial charge in [0, 0.05) is 11.1 Å². The number of sulfonamides is 1. The summed E-state index contributed by atoms with van der Waals surface area (Å²) in [5.74, 6) is 1.62. The highest BCUT2D eigenvalue weighted by atomic mass is 35.5. The minimum atomic E-state index is -3.85. The van der Waals surface area contributed by atoms with E-state index in [1.165, 1.54) is 34.8 Å². The summed E-state index contributed by atoms with van der Waals surface area (Å²) in [6.07, 6.45) is 1.50. The van der Waals surface area contributed by atoms with Crippen LogP contribution in [0.4, 0.5) is 0 Å². The highest BCUT2D eigenvalue weighted by molar-refractivity contribution is 7.89. The lowest BCUT2D eigenvalue weighted by atomic mass is 10.1. The van der Waals surface area contributed by atoms with Crippen LogP contribution in [0.5, 0.6) is 5.75 Å². The Labute approximate surface area is 184 Å². The first-order valence-electron chi connectivity index (χ1n) is 9.34. The lowest BCUT2D eigenvalue weighted by Crippen LogP contribution is -2.30. The van der Waals surface area contributed by atoms with Crippen molar-refractivity contribution in [1.82, 2.24) is 9.46 Å². The van der Waals surface area contributed by atoms with Crippen LogP contribution in [0.3, 0.4) is 0 Å². The summed E-state index contributed by atoms with van der Waals surface area (Å²) in [5.41, 5.74) is 1.17. The maximum absolute atomic E-state index is 13.3. The zero-order valence-electron chi connectivity index (χ0n) is 16.6. The van der Waals surface area contributed by atoms with Crippen LogP contribution in [0.25, 0.3) is 11.3 Å². The zero-order valence-corrected chi connectivity index (χ0v) is 18.1. The Kier molecular flexibility index (Phi) is 6.13. The Morgan fingerprint density at radius 3 is 2.52 bits per heavy atom. The molecular formula is C22H19ClN2O5S. The molecule has 2 heterocycles. The van der Waals surface area contributed by atoms with Crippen LogP contribution in [0, 0.1) is 0 Å². The smallest absolute Gasteiger partial charge is 0.243 e. The van der Waals surface area contributed by atoms with Gasteiger partial charge in [0.05, 0.1) is 42.6 Å². The first kappa shape index (κ1) is 21.2. The Morgan fingerprint density at radius 1 is 1.03 bits per heavy atom. The van der Waals surface area contributed by atoms with Crippen molar-refractivity contribution in [3.8, 4) is 17.1 Å². The van der Waals surface area contributed by atoms with Crippen molar-refractivity contribution >= 4 is 21.6 Å². The SMILES string of the molecule is COc1ccccc1-c1cc(CN(Cc2ccco2)S(=O)(=O)c2ccc(Cl)cc2)no1. The van der Waals surface area contributed by atoms with Crippen molar-refractivity contribution < 1.29 is 22.1 Å². The number of furan rings is 1. The molecule has 4 rings (SSSR count). The normalized spacial score (nSPS) is 11.7. The van der Waals surface area contributed by atoms with Gasteiger partial charge in [-0.25, -0.2) is 8.42 Å². The second-order valence-corrected chi connectivity index (χ2v) is 9.06. The summed E-state index contributed by atoms with van der Waals surface area (Å²) in [7, 11) is -2.28. The molecule has 2 aromatic heterocycles. The molecule has 2 aromatic carbocycles. The van der Waals surface area contributed by atoms with Crippen LogP contribution in [0.2, 0.25) is 5.02 Å². The van der Waals surface area contributed by atoms with Crippen LogP contribution in [-0.4, -0.2) is 25.0 Å². The van der Waals surface area contributed by atoms with Crippen molar-refractivity contribution in [2.45, 2.75) is 18.0 Å². The fourth-order valence-electron chi connectivity index (χ4n) is 3.10. The van der Waals surface area contributed by atoms with Crippen molar-refractivity contribution in [1.29, 1.82) is 0 Å². The van der Waals surface area contributed by atoms with Crippen LogP contribution >= 0.6 is 11.6 Å². The number of ether oxygens (including phenoxy) is 1. The van der Waals surface area contributed by atoms with Crippen LogP contribution in [-0.2, 0) is 23.1 Å². The van der Waals surface area contributed by atoms with Gasteiger partial charge in [0.1, 0.15) is 11.5 Å². The molecule has 0 saturated carbocycles. The maximum atomic E-state index is 13.3. The lowest BCUT2D eigenvalue weighted by Gasteiger charge is -2.20. The molecule has 0 fully saturated rings. The predicted molar refractivity (Wildman–Crippen MR) is 115 cm³/mol. The third kappa shape index (κ3) is 4.66. The Balaban J connectivity index is 1.66. The van der Waals surface area contributed by atoms with E-state index in [2.05, 4.69) is 5.16 Å². The predicted octanol–water partition coefficient (Wildman–Crippen LogP) is 4.99. The fourth-order valence-corrected chi connectivity index (χ4v) is 4.60. The van der Waals surface area contributed by atoms with E-state index in [1.807, 2.05) is 24.3 Å². The van der Waals surface area contributed by atoms with Gasteiger partial charge in [-0.2, -0.15) is 4.31 Å². The van der Waals surface area contributed by atoms with E-state index >= 15 is 0 Å². The number of methoxy groups -OCH3 is 1. The molecule has 0 bridgehead atoms. The van der Waals surface area contributed by atoms with Gasteiger partial charge in [0.2, 0.25) is 10.0 Å². The minimum absolute atomic E-state index is 0.00961. The molecule has 0 amide bonds. The van der Waals surface area contributed by atoms with Crippen LogP contribution in [0.15, 0.2) is 86.8 Å². The average molecular weight is 459 g/mol. The molecule has 0 aliphatic carbocycles. The number of para-hydroxylation sites is 1. The molecule has 0 unspecified atom stereocenters. The van der Waals surface area contributed by atoms with Gasteiger partial charge < -0.3 is 13.7 Å². The third-order valence-corrected chi connectivity index (χ3v) is 6.69. The van der Waals surface area contributed by atoms with E-state index in [-0.39, 0.29) is 18.0 Å². The minimum Gasteiger partial charge on any atom is -0.496 e. The number of hydrogen-bond donors (Lipinski definition) is 0. The Bertz CT molecular complexity index is 1250. The van der Waals surface area contributed by atoms with Gasteiger partial charge in [0.15, 0.2) is 5.76 Å². The van der Waals surface area contributed by atoms with E-state index in [4.69, 9.17) is 25.3 Å². The number of hydrogen-bond acceptors (Lipinski definition) is 6. The molecule has 0 spiro atoms. The maximum Gasteiger partial charge on any atom is 0.243 e. The van der Waals surface area contributed by atoms with Crippen LogP contribution in [0.1, 0.15) is 11.5 Å². The molecule has 0 radical (unpaired) electrons. The molecule has 9 heteroatoms. The Morgan fingerprint density at radius 2 is 1.81 bits per heavy atom. The molecule has 4 aromatic rings. The highest BCUT2D eigenvalue weighted by Crippen LogP contribution is 2.31. The van der Waals surface area contributed by atoms with Crippen LogP contribution < -0.4 is 4.74 Å². The summed E-state index contributed by atoms with van der Waals surface area (Å²) in [4.78, 5) is 0.122. The van der Waals surface area contributed by atoms with Gasteiger partial charge in [0.25, 0.3) is 0 Å². The number of aromatic nitrogens is 1. The molecule has 31 heavy (non-hydrogen) atoms. The molecular weight excluding hydrogens is 440 g/mol. The number of nitrogens with zero attached hydrogens (tertiary/aromatic N) is 2. The van der Waals surface area contributed by atoms with Gasteiger partial charge in [-0.15, -0.1) is 0 Å². The molecule has 160 valence electrons. The molecule has 0 atom stereocenters. The van der Waals surface area contributed by atoms with Gasteiger partial charge in [-0.3, -0.25) is 0 Å². The van der Waals surface area contributed by atoms with Crippen molar-refractivity contribution in [3.05, 3.63) is 89.5 Å². The van der Waals surface area contributed by atoms with Crippen molar-refractivity contribution in [2.75, 3.05) is 7.11 Å². The summed E-state index contributed by atoms with van der Waals surface area (Å²) in [6.45, 7) is 0.0269. The molecule has 7 nitrogen and oxygen atoms in total. The van der Waals surface area contributed by atoms with E-state index < -0.39 is 10.0 Å². The third-order valence-electron chi connectivity index (χ3n) is 4.63. The highest BCUT2D eigenvalue weighted by Gasteiger charge is 2.27. The summed E-state index contributed by atoms with van der Waals surface area (Å²) >= 11 is 5.92. The molecule has 0 aliphatic rings. The quantitative estimate of drug-likeness (QED) is 0.370. The average Bonchev–Trinajstić information content (AvgIpc) is 3.46. The second-order valence-electron chi connectivity index (χ2n) is 6.69. The fraction of sp³-hybridized carbons (Fsp3) is 0.136. The summed E-state index contributed by atoms with van der Waals surface area (Å²) < 4.78 is 44.1. The van der Waals surface area contributed by atoms with E-state index in [9.17, 15) is 8.42 Å². The van der Waals surface area contributed by atoms with Crippen molar-refractivity contribution in [2.24, 2.45) is 0 Å². The van der Waals surface area contributed by atoms with E-state index in [0.29, 0.717) is 28.0 Å². The number of rotatable bonds is 8. The van der Waals surface area contributed by atoms with Crippen molar-refractivity contribution in [3.63, 3.8) is 0 Å². The van der Waals surface area contributed by atoms with Gasteiger partial charge >= 0.3 is 0 Å². The molecule has 0 aliphatic heterocycles. The Hall–Kier alpha value is -3.07. The number of benzene rings is 2. The largest absolute Gasteiger partial charge is 0.496 e. The first-order chi connectivity index (χ1) is 15.0. The molecule has 0 saturated heterocycles. The second kappa shape index (κ2) is 8.97. The van der Waals surface area contributed by atoms with E-state index in [0.717, 1.165) is 5.56 Å².